The van der Waals surface area contributed by atoms with E-state index in [1.54, 1.807) is 30.5 Å². The third kappa shape index (κ3) is 5.56. The molecule has 1 spiro atoms. The molecule has 3 aromatic rings. The SMILES string of the molecule is O=C(CN1C(=O)C2(CCCC2)NCC1c1cc(F)cc(F)c1)Nc1ccc2c(c1)CC(C(=O)Nc1ccccn1)C2. The number of piperazine rings is 1. The molecule has 2 aromatic carbocycles. The Morgan fingerprint density at radius 3 is 2.46 bits per heavy atom. The minimum absolute atomic E-state index is 0.108. The monoisotopic (exact) mass is 559 g/mol. The lowest BCUT2D eigenvalue weighted by atomic mass is 9.89. The molecule has 1 aromatic heterocycles. The summed E-state index contributed by atoms with van der Waals surface area (Å²) in [4.78, 5) is 45.4. The molecule has 212 valence electrons. The van der Waals surface area contributed by atoms with Crippen LogP contribution in [0, 0.1) is 17.6 Å². The number of nitrogens with one attached hydrogen (secondary N) is 3. The second-order valence-corrected chi connectivity index (χ2v) is 11.2. The van der Waals surface area contributed by atoms with E-state index in [4.69, 9.17) is 0 Å². The molecule has 2 atom stereocenters. The van der Waals surface area contributed by atoms with Gasteiger partial charge in [-0.1, -0.05) is 25.0 Å². The molecule has 3 aliphatic rings. The summed E-state index contributed by atoms with van der Waals surface area (Å²) in [7, 11) is 0. The molecule has 2 heterocycles. The first kappa shape index (κ1) is 27.0. The molecule has 1 saturated heterocycles. The summed E-state index contributed by atoms with van der Waals surface area (Å²) in [6.07, 6.45) is 5.85. The van der Waals surface area contributed by atoms with Crippen molar-refractivity contribution in [1.82, 2.24) is 15.2 Å². The van der Waals surface area contributed by atoms with Crippen LogP contribution in [-0.2, 0) is 27.2 Å². The Bertz CT molecular complexity index is 1470. The topological polar surface area (TPSA) is 103 Å². The number of hydrogen-bond acceptors (Lipinski definition) is 5. The van der Waals surface area contributed by atoms with E-state index in [0.717, 1.165) is 30.0 Å². The number of carbonyl (C=O) groups excluding carboxylic acids is 3. The first-order valence-corrected chi connectivity index (χ1v) is 14.0. The van der Waals surface area contributed by atoms with Crippen LogP contribution in [0.3, 0.4) is 0 Å². The lowest BCUT2D eigenvalue weighted by Crippen LogP contribution is -2.64. The molecule has 0 bridgehead atoms. The van der Waals surface area contributed by atoms with Crippen LogP contribution in [0.4, 0.5) is 20.3 Å². The van der Waals surface area contributed by atoms with Crippen LogP contribution in [0.1, 0.15) is 48.4 Å². The molecule has 41 heavy (non-hydrogen) atoms. The van der Waals surface area contributed by atoms with Crippen LogP contribution in [-0.4, -0.2) is 46.2 Å². The van der Waals surface area contributed by atoms with E-state index < -0.39 is 29.1 Å². The molecule has 1 aliphatic heterocycles. The molecular formula is C31H31F2N5O3. The van der Waals surface area contributed by atoms with Crippen LogP contribution < -0.4 is 16.0 Å². The van der Waals surface area contributed by atoms with Crippen molar-refractivity contribution in [2.75, 3.05) is 23.7 Å². The number of pyridine rings is 1. The van der Waals surface area contributed by atoms with Crippen molar-refractivity contribution in [3.8, 4) is 0 Å². The van der Waals surface area contributed by atoms with Gasteiger partial charge in [0.05, 0.1) is 11.6 Å². The van der Waals surface area contributed by atoms with E-state index in [2.05, 4.69) is 20.9 Å². The molecule has 2 fully saturated rings. The molecule has 8 nitrogen and oxygen atoms in total. The number of rotatable bonds is 6. The summed E-state index contributed by atoms with van der Waals surface area (Å²) < 4.78 is 28.2. The molecule has 10 heteroatoms. The highest BCUT2D eigenvalue weighted by Crippen LogP contribution is 2.38. The predicted molar refractivity (Wildman–Crippen MR) is 149 cm³/mol. The van der Waals surface area contributed by atoms with Crippen molar-refractivity contribution in [2.45, 2.75) is 50.1 Å². The summed E-state index contributed by atoms with van der Waals surface area (Å²) in [6, 6.07) is 13.4. The fourth-order valence-corrected chi connectivity index (χ4v) is 6.41. The Labute approximate surface area is 236 Å². The van der Waals surface area contributed by atoms with Gasteiger partial charge in [-0.25, -0.2) is 13.8 Å². The number of amides is 3. The van der Waals surface area contributed by atoms with Crippen molar-refractivity contribution in [3.05, 3.63) is 89.1 Å². The van der Waals surface area contributed by atoms with E-state index in [1.165, 1.54) is 17.0 Å². The number of fused-ring (bicyclic) bond motifs is 1. The zero-order chi connectivity index (χ0) is 28.6. The Morgan fingerprint density at radius 1 is 0.976 bits per heavy atom. The Morgan fingerprint density at radius 2 is 1.73 bits per heavy atom. The van der Waals surface area contributed by atoms with Crippen LogP contribution >= 0.6 is 0 Å². The molecule has 6 rings (SSSR count). The minimum Gasteiger partial charge on any atom is -0.325 e. The van der Waals surface area contributed by atoms with Crippen molar-refractivity contribution in [1.29, 1.82) is 0 Å². The quantitative estimate of drug-likeness (QED) is 0.421. The number of benzene rings is 2. The van der Waals surface area contributed by atoms with E-state index in [0.29, 0.717) is 49.3 Å². The van der Waals surface area contributed by atoms with Crippen molar-refractivity contribution in [2.24, 2.45) is 5.92 Å². The summed E-state index contributed by atoms with van der Waals surface area (Å²) in [6.45, 7) is 0.0416. The van der Waals surface area contributed by atoms with E-state index in [9.17, 15) is 23.2 Å². The van der Waals surface area contributed by atoms with Crippen LogP contribution in [0.2, 0.25) is 0 Å². The Hall–Kier alpha value is -4.18. The second kappa shape index (κ2) is 11.0. The third-order valence-electron chi connectivity index (χ3n) is 8.43. The normalized spacial score (nSPS) is 21.1. The average molecular weight is 560 g/mol. The van der Waals surface area contributed by atoms with E-state index >= 15 is 0 Å². The highest BCUT2D eigenvalue weighted by Gasteiger charge is 2.49. The summed E-state index contributed by atoms with van der Waals surface area (Å²) >= 11 is 0. The number of anilines is 2. The fourth-order valence-electron chi connectivity index (χ4n) is 6.41. The van der Waals surface area contributed by atoms with Gasteiger partial charge in [0.1, 0.15) is 24.0 Å². The van der Waals surface area contributed by atoms with Gasteiger partial charge in [-0.05, 0) is 78.8 Å². The number of nitrogens with zero attached hydrogens (tertiary/aromatic N) is 2. The van der Waals surface area contributed by atoms with Gasteiger partial charge in [-0.15, -0.1) is 0 Å². The first-order valence-electron chi connectivity index (χ1n) is 14.0. The van der Waals surface area contributed by atoms with Crippen molar-refractivity contribution in [3.63, 3.8) is 0 Å². The molecular weight excluding hydrogens is 528 g/mol. The molecule has 2 aliphatic carbocycles. The van der Waals surface area contributed by atoms with Gasteiger partial charge in [0, 0.05) is 30.4 Å². The van der Waals surface area contributed by atoms with Gasteiger partial charge in [-0.3, -0.25) is 14.4 Å². The maximum Gasteiger partial charge on any atom is 0.244 e. The lowest BCUT2D eigenvalue weighted by Gasteiger charge is -2.45. The second-order valence-electron chi connectivity index (χ2n) is 11.2. The van der Waals surface area contributed by atoms with Gasteiger partial charge in [0.15, 0.2) is 0 Å². The number of hydrogen-bond donors (Lipinski definition) is 3. The highest BCUT2D eigenvalue weighted by atomic mass is 19.1. The van der Waals surface area contributed by atoms with Crippen LogP contribution in [0.5, 0.6) is 0 Å². The van der Waals surface area contributed by atoms with Gasteiger partial charge in [-0.2, -0.15) is 0 Å². The van der Waals surface area contributed by atoms with Crippen LogP contribution in [0.15, 0.2) is 60.8 Å². The zero-order valence-corrected chi connectivity index (χ0v) is 22.5. The molecule has 1 saturated carbocycles. The number of carbonyl (C=O) groups is 3. The maximum atomic E-state index is 14.1. The summed E-state index contributed by atoms with van der Waals surface area (Å²) in [5.74, 6) is -1.94. The Balaban J connectivity index is 1.15. The van der Waals surface area contributed by atoms with E-state index in [-0.39, 0.29) is 24.3 Å². The van der Waals surface area contributed by atoms with Crippen molar-refractivity contribution < 1.29 is 23.2 Å². The predicted octanol–water partition coefficient (Wildman–Crippen LogP) is 4.14. The maximum absolute atomic E-state index is 14.1. The van der Waals surface area contributed by atoms with Crippen molar-refractivity contribution >= 4 is 29.2 Å². The lowest BCUT2D eigenvalue weighted by molar-refractivity contribution is -0.147. The number of aromatic nitrogens is 1. The smallest absolute Gasteiger partial charge is 0.244 e. The standard InChI is InChI=1S/C31H31F2N5O3/c32-23-13-21(14-24(33)16-23)26-17-35-31(8-2-3-9-31)30(41)38(26)18-28(39)36-25-7-6-19-11-22(12-20(19)15-25)29(40)37-27-5-1-4-10-34-27/h1,4-7,10,13-16,22,26,35H,2-3,8-9,11-12,17-18H2,(H,36,39)(H,34,37,40). The van der Waals surface area contributed by atoms with Gasteiger partial charge in [0.25, 0.3) is 0 Å². The largest absolute Gasteiger partial charge is 0.325 e. The fraction of sp³-hybridized carbons (Fsp3) is 0.355. The molecule has 3 amide bonds. The summed E-state index contributed by atoms with van der Waals surface area (Å²) in [5.41, 5.74) is 2.13. The number of halogens is 2. The third-order valence-corrected chi connectivity index (χ3v) is 8.43. The Kier molecular flexibility index (Phi) is 7.25. The van der Waals surface area contributed by atoms with Gasteiger partial charge >= 0.3 is 0 Å². The average Bonchev–Trinajstić information content (AvgIpc) is 3.59. The van der Waals surface area contributed by atoms with Gasteiger partial charge in [0.2, 0.25) is 17.7 Å². The van der Waals surface area contributed by atoms with Crippen LogP contribution in [0.25, 0.3) is 0 Å². The molecule has 0 radical (unpaired) electrons. The molecule has 3 N–H and O–H groups in total. The first-order chi connectivity index (χ1) is 19.8. The van der Waals surface area contributed by atoms with Gasteiger partial charge < -0.3 is 20.9 Å². The summed E-state index contributed by atoms with van der Waals surface area (Å²) in [5, 5.41) is 9.07. The zero-order valence-electron chi connectivity index (χ0n) is 22.5. The van der Waals surface area contributed by atoms with E-state index in [1.807, 2.05) is 12.1 Å². The highest BCUT2D eigenvalue weighted by molar-refractivity contribution is 5.97. The molecule has 2 unspecified atom stereocenters. The minimum atomic E-state index is -0.749.